The van der Waals surface area contributed by atoms with Gasteiger partial charge >= 0.3 is 0 Å². The highest BCUT2D eigenvalue weighted by atomic mass is 79.9. The van der Waals surface area contributed by atoms with Crippen molar-refractivity contribution in [2.45, 2.75) is 0 Å². The van der Waals surface area contributed by atoms with Crippen molar-refractivity contribution in [3.63, 3.8) is 0 Å². The summed E-state index contributed by atoms with van der Waals surface area (Å²) in [4.78, 5) is 0. The number of methoxy groups -OCH3 is 1. The average Bonchev–Trinajstić information content (AvgIpc) is 2.01. The summed E-state index contributed by atoms with van der Waals surface area (Å²) in [6.45, 7) is 0. The molecule has 1 aromatic rings. The van der Waals surface area contributed by atoms with Crippen molar-refractivity contribution in [2.24, 2.45) is 0 Å². The summed E-state index contributed by atoms with van der Waals surface area (Å²) in [6, 6.07) is 1.23. The van der Waals surface area contributed by atoms with E-state index in [4.69, 9.17) is 11.6 Å². The molecule has 0 spiro atoms. The fourth-order valence-corrected chi connectivity index (χ4v) is 1.63. The molecule has 0 N–H and O–H groups in total. The van der Waals surface area contributed by atoms with E-state index in [-0.39, 0.29) is 15.2 Å². The Morgan fingerprint density at radius 1 is 1.42 bits per heavy atom. The SMILES string of the molecule is COc1c(Br)cc(Cl)c(F)c1F. The van der Waals surface area contributed by atoms with E-state index in [1.807, 2.05) is 0 Å². The van der Waals surface area contributed by atoms with Gasteiger partial charge in [0.1, 0.15) is 0 Å². The Bertz CT molecular complexity index is 317. The van der Waals surface area contributed by atoms with Gasteiger partial charge in [-0.3, -0.25) is 0 Å². The van der Waals surface area contributed by atoms with Gasteiger partial charge in [-0.1, -0.05) is 11.6 Å². The van der Waals surface area contributed by atoms with Gasteiger partial charge in [0.2, 0.25) is 5.82 Å². The van der Waals surface area contributed by atoms with Gasteiger partial charge < -0.3 is 4.74 Å². The van der Waals surface area contributed by atoms with E-state index in [9.17, 15) is 8.78 Å². The molecule has 0 amide bonds. The van der Waals surface area contributed by atoms with E-state index in [1.165, 1.54) is 13.2 Å². The predicted octanol–water partition coefficient (Wildman–Crippen LogP) is 3.39. The van der Waals surface area contributed by atoms with Crippen LogP contribution in [0.1, 0.15) is 0 Å². The Balaban J connectivity index is 3.40. The molecule has 12 heavy (non-hydrogen) atoms. The number of rotatable bonds is 1. The molecule has 66 valence electrons. The zero-order valence-electron chi connectivity index (χ0n) is 6.00. The number of hydrogen-bond donors (Lipinski definition) is 0. The van der Waals surface area contributed by atoms with Crippen LogP contribution in [0, 0.1) is 11.6 Å². The van der Waals surface area contributed by atoms with E-state index in [0.717, 1.165) is 0 Å². The van der Waals surface area contributed by atoms with E-state index in [2.05, 4.69) is 20.7 Å². The van der Waals surface area contributed by atoms with Gasteiger partial charge in [0, 0.05) is 0 Å². The first-order chi connectivity index (χ1) is 5.57. The maximum absolute atomic E-state index is 12.9. The highest BCUT2D eigenvalue weighted by Crippen LogP contribution is 2.33. The lowest BCUT2D eigenvalue weighted by atomic mass is 10.3. The first-order valence-corrected chi connectivity index (χ1v) is 4.12. The Labute approximate surface area is 81.4 Å². The molecule has 0 aliphatic rings. The van der Waals surface area contributed by atoms with Gasteiger partial charge in [-0.2, -0.15) is 4.39 Å². The fourth-order valence-electron chi connectivity index (χ4n) is 0.737. The third-order valence-corrected chi connectivity index (χ3v) is 2.14. The third kappa shape index (κ3) is 1.54. The normalized spacial score (nSPS) is 10.1. The molecule has 0 aliphatic heterocycles. The minimum atomic E-state index is -1.10. The molecule has 5 heteroatoms. The highest BCUT2D eigenvalue weighted by molar-refractivity contribution is 9.10. The second-order valence-electron chi connectivity index (χ2n) is 2.00. The number of halogens is 4. The van der Waals surface area contributed by atoms with Crippen molar-refractivity contribution in [1.29, 1.82) is 0 Å². The second kappa shape index (κ2) is 3.58. The summed E-state index contributed by atoms with van der Waals surface area (Å²) in [5.41, 5.74) is 0. The van der Waals surface area contributed by atoms with Crippen LogP contribution in [0.15, 0.2) is 10.5 Å². The molecule has 1 nitrogen and oxygen atoms in total. The fraction of sp³-hybridized carbons (Fsp3) is 0.143. The second-order valence-corrected chi connectivity index (χ2v) is 3.26. The predicted molar refractivity (Wildman–Crippen MR) is 45.6 cm³/mol. The average molecular weight is 257 g/mol. The summed E-state index contributed by atoms with van der Waals surface area (Å²) >= 11 is 8.32. The van der Waals surface area contributed by atoms with Gasteiger partial charge in [-0.25, -0.2) is 4.39 Å². The molecule has 0 saturated carbocycles. The van der Waals surface area contributed by atoms with Crippen LogP contribution in [0.5, 0.6) is 5.75 Å². The van der Waals surface area contributed by atoms with E-state index >= 15 is 0 Å². The third-order valence-electron chi connectivity index (χ3n) is 1.28. The van der Waals surface area contributed by atoms with E-state index in [1.54, 1.807) is 0 Å². The minimum Gasteiger partial charge on any atom is -0.492 e. The lowest BCUT2D eigenvalue weighted by Gasteiger charge is -2.05. The topological polar surface area (TPSA) is 9.23 Å². The maximum Gasteiger partial charge on any atom is 0.203 e. The lowest BCUT2D eigenvalue weighted by molar-refractivity contribution is 0.369. The van der Waals surface area contributed by atoms with Crippen LogP contribution >= 0.6 is 27.5 Å². The quantitative estimate of drug-likeness (QED) is 0.553. The van der Waals surface area contributed by atoms with Crippen LogP contribution in [0.4, 0.5) is 8.78 Å². The maximum atomic E-state index is 12.9. The number of hydrogen-bond acceptors (Lipinski definition) is 1. The Morgan fingerprint density at radius 2 is 2.00 bits per heavy atom. The van der Waals surface area contributed by atoms with Crippen LogP contribution in [0.2, 0.25) is 5.02 Å². The summed E-state index contributed by atoms with van der Waals surface area (Å²) in [7, 11) is 1.25. The molecule has 0 unspecified atom stereocenters. The number of benzene rings is 1. The van der Waals surface area contributed by atoms with Crippen molar-refractivity contribution in [2.75, 3.05) is 7.11 Å². The van der Waals surface area contributed by atoms with Crippen molar-refractivity contribution in [3.8, 4) is 5.75 Å². The summed E-state index contributed by atoms with van der Waals surface area (Å²) < 4.78 is 30.5. The van der Waals surface area contributed by atoms with E-state index in [0.29, 0.717) is 0 Å². The standard InChI is InChI=1S/C7H4BrClF2O/c1-12-7-3(8)2-4(9)5(10)6(7)11/h2H,1H3. The Kier molecular flexibility index (Phi) is 2.90. The van der Waals surface area contributed by atoms with Gasteiger partial charge in [0.25, 0.3) is 0 Å². The summed E-state index contributed by atoms with van der Waals surface area (Å²) in [5, 5.41) is -0.278. The van der Waals surface area contributed by atoms with Gasteiger partial charge in [-0.05, 0) is 22.0 Å². The molecule has 0 saturated heterocycles. The molecule has 0 atom stereocenters. The lowest BCUT2D eigenvalue weighted by Crippen LogP contribution is -1.93. The molecule has 0 aromatic heterocycles. The van der Waals surface area contributed by atoms with Crippen molar-refractivity contribution in [1.82, 2.24) is 0 Å². The van der Waals surface area contributed by atoms with Crippen molar-refractivity contribution < 1.29 is 13.5 Å². The van der Waals surface area contributed by atoms with Crippen LogP contribution in [-0.4, -0.2) is 7.11 Å². The van der Waals surface area contributed by atoms with Crippen LogP contribution in [-0.2, 0) is 0 Å². The highest BCUT2D eigenvalue weighted by Gasteiger charge is 2.16. The van der Waals surface area contributed by atoms with Gasteiger partial charge in [0.05, 0.1) is 16.6 Å². The smallest absolute Gasteiger partial charge is 0.203 e. The van der Waals surface area contributed by atoms with Crippen LogP contribution < -0.4 is 4.74 Å². The van der Waals surface area contributed by atoms with Crippen LogP contribution in [0.25, 0.3) is 0 Å². The monoisotopic (exact) mass is 256 g/mol. The van der Waals surface area contributed by atoms with E-state index < -0.39 is 11.6 Å². The molecular formula is C7H4BrClF2O. The molecule has 0 aliphatic carbocycles. The molecule has 1 rings (SSSR count). The van der Waals surface area contributed by atoms with Gasteiger partial charge in [0.15, 0.2) is 11.6 Å². The molecule has 1 aromatic carbocycles. The Morgan fingerprint density at radius 3 is 2.50 bits per heavy atom. The molecule has 0 bridgehead atoms. The molecule has 0 heterocycles. The summed E-state index contributed by atoms with van der Waals surface area (Å²) in [6.07, 6.45) is 0. The van der Waals surface area contributed by atoms with Crippen molar-refractivity contribution in [3.05, 3.63) is 27.2 Å². The zero-order chi connectivity index (χ0) is 9.30. The van der Waals surface area contributed by atoms with Crippen molar-refractivity contribution >= 4 is 27.5 Å². The Hall–Kier alpha value is -0.350. The molecular weight excluding hydrogens is 253 g/mol. The first kappa shape index (κ1) is 9.74. The van der Waals surface area contributed by atoms with Gasteiger partial charge in [-0.15, -0.1) is 0 Å². The molecule has 0 fully saturated rings. The number of ether oxygens (including phenoxy) is 1. The zero-order valence-corrected chi connectivity index (χ0v) is 8.34. The summed E-state index contributed by atoms with van der Waals surface area (Å²) in [5.74, 6) is -2.37. The largest absolute Gasteiger partial charge is 0.492 e. The van der Waals surface area contributed by atoms with Crippen LogP contribution in [0.3, 0.4) is 0 Å². The minimum absolute atomic E-state index is 0.183. The first-order valence-electron chi connectivity index (χ1n) is 2.95. The molecule has 0 radical (unpaired) electrons.